The van der Waals surface area contributed by atoms with Gasteiger partial charge in [-0.25, -0.2) is 19.7 Å². The summed E-state index contributed by atoms with van der Waals surface area (Å²) >= 11 is 1.38. The van der Waals surface area contributed by atoms with Gasteiger partial charge in [-0.15, -0.1) is 0 Å². The highest BCUT2D eigenvalue weighted by atomic mass is 32.1. The molecule has 0 saturated carbocycles. The van der Waals surface area contributed by atoms with E-state index in [4.69, 9.17) is 10.7 Å². The van der Waals surface area contributed by atoms with Gasteiger partial charge < -0.3 is 15.7 Å². The first-order valence-corrected chi connectivity index (χ1v) is 13.7. The summed E-state index contributed by atoms with van der Waals surface area (Å²) in [6.07, 6.45) is 8.91. The van der Waals surface area contributed by atoms with Crippen LogP contribution < -0.4 is 15.5 Å². The standard InChI is InChI=1S/C27H30N8O3S/c1-4-18-14-30-21(15-29-18)19-10-16(11-20-22(19)39-26(33-20)35(5-2)24(28)38)17-12-31-25(32-13-17)34-8-6-27(3,7-9-34)23(36)37/h10-15H,4-9H2,1-3H3,(H2,28,38)(H,36,37). The third-order valence-corrected chi connectivity index (χ3v) is 8.40. The predicted molar refractivity (Wildman–Crippen MR) is 151 cm³/mol. The van der Waals surface area contributed by atoms with Crippen molar-refractivity contribution in [3.63, 3.8) is 0 Å². The number of aromatic nitrogens is 5. The molecule has 0 unspecified atom stereocenters. The Labute approximate surface area is 229 Å². The van der Waals surface area contributed by atoms with Gasteiger partial charge in [0.15, 0.2) is 5.13 Å². The van der Waals surface area contributed by atoms with E-state index in [0.717, 1.165) is 33.5 Å². The number of carbonyl (C=O) groups is 2. The molecular weight excluding hydrogens is 516 g/mol. The van der Waals surface area contributed by atoms with Crippen molar-refractivity contribution in [2.45, 2.75) is 40.0 Å². The number of nitrogens with zero attached hydrogens (tertiary/aromatic N) is 7. The Morgan fingerprint density at radius 2 is 1.77 bits per heavy atom. The van der Waals surface area contributed by atoms with Crippen molar-refractivity contribution >= 4 is 44.6 Å². The minimum absolute atomic E-state index is 0.403. The maximum Gasteiger partial charge on any atom is 0.321 e. The van der Waals surface area contributed by atoms with E-state index in [9.17, 15) is 14.7 Å². The normalized spacial score (nSPS) is 14.9. The van der Waals surface area contributed by atoms with Crippen LogP contribution >= 0.6 is 11.3 Å². The van der Waals surface area contributed by atoms with Crippen LogP contribution in [0.25, 0.3) is 32.6 Å². The first kappa shape index (κ1) is 26.4. The zero-order valence-corrected chi connectivity index (χ0v) is 22.9. The summed E-state index contributed by atoms with van der Waals surface area (Å²) in [5, 5.41) is 10.0. The number of carbonyl (C=O) groups excluding carboxylic acids is 1. The Kier molecular flexibility index (Phi) is 7.13. The van der Waals surface area contributed by atoms with E-state index < -0.39 is 17.4 Å². The van der Waals surface area contributed by atoms with Crippen LogP contribution in [0.4, 0.5) is 15.9 Å². The number of fused-ring (bicyclic) bond motifs is 1. The van der Waals surface area contributed by atoms with Gasteiger partial charge in [-0.2, -0.15) is 0 Å². The summed E-state index contributed by atoms with van der Waals surface area (Å²) in [6, 6.07) is 3.40. The molecule has 0 bridgehead atoms. The largest absolute Gasteiger partial charge is 0.481 e. The van der Waals surface area contributed by atoms with Crippen LogP contribution in [0.5, 0.6) is 0 Å². The highest BCUT2D eigenvalue weighted by Gasteiger charge is 2.37. The van der Waals surface area contributed by atoms with Gasteiger partial charge in [0, 0.05) is 49.4 Å². The number of rotatable bonds is 7. The van der Waals surface area contributed by atoms with Crippen LogP contribution in [0.1, 0.15) is 39.3 Å². The number of primary amides is 1. The van der Waals surface area contributed by atoms with E-state index >= 15 is 0 Å². The molecule has 3 N–H and O–H groups in total. The second-order valence-corrected chi connectivity index (χ2v) is 10.8. The number of hydrogen-bond acceptors (Lipinski definition) is 9. The molecule has 5 rings (SSSR count). The smallest absolute Gasteiger partial charge is 0.321 e. The van der Waals surface area contributed by atoms with Gasteiger partial charge in [0.25, 0.3) is 0 Å². The summed E-state index contributed by atoms with van der Waals surface area (Å²) in [5.41, 5.74) is 9.66. The summed E-state index contributed by atoms with van der Waals surface area (Å²) < 4.78 is 0.874. The van der Waals surface area contributed by atoms with Crippen LogP contribution in [0, 0.1) is 5.41 Å². The quantitative estimate of drug-likeness (QED) is 0.344. The molecule has 39 heavy (non-hydrogen) atoms. The molecule has 3 aromatic heterocycles. The third kappa shape index (κ3) is 5.11. The predicted octanol–water partition coefficient (Wildman–Crippen LogP) is 4.37. The van der Waals surface area contributed by atoms with Crippen LogP contribution in [0.15, 0.2) is 36.9 Å². The SMILES string of the molecule is CCc1cnc(-c2cc(-c3cnc(N4CCC(C)(C(=O)O)CC4)nc3)cc3nc(N(CC)C(N)=O)sc23)cn1. The van der Waals surface area contributed by atoms with Gasteiger partial charge in [-0.3, -0.25) is 19.7 Å². The van der Waals surface area contributed by atoms with Crippen molar-refractivity contribution in [2.24, 2.45) is 11.1 Å². The molecule has 0 radical (unpaired) electrons. The third-order valence-electron chi connectivity index (χ3n) is 7.27. The summed E-state index contributed by atoms with van der Waals surface area (Å²) in [7, 11) is 0. The van der Waals surface area contributed by atoms with Gasteiger partial charge in [0.05, 0.1) is 33.2 Å². The van der Waals surface area contributed by atoms with E-state index in [2.05, 4.69) is 19.9 Å². The molecule has 2 amide bonds. The summed E-state index contributed by atoms with van der Waals surface area (Å²) in [6.45, 7) is 7.23. The summed E-state index contributed by atoms with van der Waals surface area (Å²) in [5.74, 6) is -0.189. The van der Waals surface area contributed by atoms with Gasteiger partial charge in [-0.1, -0.05) is 18.3 Å². The minimum Gasteiger partial charge on any atom is -0.481 e. The van der Waals surface area contributed by atoms with Gasteiger partial charge in [0.2, 0.25) is 5.95 Å². The Morgan fingerprint density at radius 3 is 2.33 bits per heavy atom. The number of amides is 2. The number of nitrogens with two attached hydrogens (primary N) is 1. The van der Waals surface area contributed by atoms with E-state index in [0.29, 0.717) is 54.8 Å². The van der Waals surface area contributed by atoms with E-state index in [1.54, 1.807) is 31.7 Å². The number of benzene rings is 1. The fraction of sp³-hybridized carbons (Fsp3) is 0.370. The van der Waals surface area contributed by atoms with Crippen LogP contribution in [-0.4, -0.2) is 61.7 Å². The number of anilines is 2. The van der Waals surface area contributed by atoms with Crippen molar-refractivity contribution in [1.82, 2.24) is 24.9 Å². The zero-order valence-electron chi connectivity index (χ0n) is 22.1. The first-order chi connectivity index (χ1) is 18.7. The van der Waals surface area contributed by atoms with Crippen molar-refractivity contribution in [3.05, 3.63) is 42.6 Å². The first-order valence-electron chi connectivity index (χ1n) is 12.9. The Morgan fingerprint density at radius 1 is 1.05 bits per heavy atom. The lowest BCUT2D eigenvalue weighted by Crippen LogP contribution is -2.43. The maximum atomic E-state index is 12.0. The molecule has 12 heteroatoms. The molecule has 0 spiro atoms. The van der Waals surface area contributed by atoms with Gasteiger partial charge in [0.1, 0.15) is 0 Å². The molecule has 1 aliphatic rings. The number of hydrogen-bond donors (Lipinski definition) is 2. The average molecular weight is 547 g/mol. The fourth-order valence-corrected chi connectivity index (χ4v) is 5.74. The van der Waals surface area contributed by atoms with Gasteiger partial charge >= 0.3 is 12.0 Å². The van der Waals surface area contributed by atoms with E-state index in [1.165, 1.54) is 16.2 Å². The second-order valence-electron chi connectivity index (χ2n) is 9.82. The lowest BCUT2D eigenvalue weighted by atomic mass is 9.80. The Bertz CT molecular complexity index is 1510. The zero-order chi connectivity index (χ0) is 27.7. The molecular formula is C27H30N8O3S. The number of urea groups is 1. The van der Waals surface area contributed by atoms with Gasteiger partial charge in [-0.05, 0) is 50.8 Å². The number of piperidine rings is 1. The highest BCUT2D eigenvalue weighted by molar-refractivity contribution is 7.23. The van der Waals surface area contributed by atoms with Crippen LogP contribution in [-0.2, 0) is 11.2 Å². The van der Waals surface area contributed by atoms with E-state index in [-0.39, 0.29) is 0 Å². The number of carboxylic acids is 1. The molecule has 0 aliphatic carbocycles. The molecule has 202 valence electrons. The molecule has 4 aromatic rings. The van der Waals surface area contributed by atoms with Crippen molar-refractivity contribution in [3.8, 4) is 22.4 Å². The lowest BCUT2D eigenvalue weighted by molar-refractivity contribution is -0.149. The monoisotopic (exact) mass is 546 g/mol. The highest BCUT2D eigenvalue weighted by Crippen LogP contribution is 2.39. The van der Waals surface area contributed by atoms with Crippen LogP contribution in [0.3, 0.4) is 0 Å². The molecule has 11 nitrogen and oxygen atoms in total. The van der Waals surface area contributed by atoms with Crippen molar-refractivity contribution < 1.29 is 14.7 Å². The molecule has 1 aromatic carbocycles. The number of aryl methyl sites for hydroxylation is 1. The maximum absolute atomic E-state index is 12.0. The molecule has 1 aliphatic heterocycles. The molecule has 1 fully saturated rings. The average Bonchev–Trinajstić information content (AvgIpc) is 3.37. The number of aliphatic carboxylic acids is 1. The topological polar surface area (TPSA) is 151 Å². The minimum atomic E-state index is -0.762. The van der Waals surface area contributed by atoms with Crippen molar-refractivity contribution in [2.75, 3.05) is 29.4 Å². The second kappa shape index (κ2) is 10.5. The lowest BCUT2D eigenvalue weighted by Gasteiger charge is -2.36. The summed E-state index contributed by atoms with van der Waals surface area (Å²) in [4.78, 5) is 50.1. The van der Waals surface area contributed by atoms with E-state index in [1.807, 2.05) is 30.9 Å². The Hall–Kier alpha value is -4.19. The van der Waals surface area contributed by atoms with Crippen molar-refractivity contribution in [1.29, 1.82) is 0 Å². The molecule has 0 atom stereocenters. The number of carboxylic acid groups (broad SMARTS) is 1. The molecule has 4 heterocycles. The van der Waals surface area contributed by atoms with Crippen LogP contribution in [0.2, 0.25) is 0 Å². The Balaban J connectivity index is 1.52. The fourth-order valence-electron chi connectivity index (χ4n) is 4.60. The number of thiazole rings is 1. The molecule has 1 saturated heterocycles.